The van der Waals surface area contributed by atoms with E-state index in [4.69, 9.17) is 11.8 Å². The van der Waals surface area contributed by atoms with Gasteiger partial charge in [0.1, 0.15) is 5.76 Å². The zero-order chi connectivity index (χ0) is 12.1. The Balaban J connectivity index is 3.19. The lowest BCUT2D eigenvalue weighted by molar-refractivity contribution is -0.384. The molecule has 0 amide bonds. The van der Waals surface area contributed by atoms with E-state index in [0.29, 0.717) is 0 Å². The van der Waals surface area contributed by atoms with E-state index >= 15 is 0 Å². The van der Waals surface area contributed by atoms with Gasteiger partial charge in [-0.15, -0.1) is 0 Å². The van der Waals surface area contributed by atoms with Crippen molar-refractivity contribution in [3.8, 4) is 6.07 Å². The Morgan fingerprint density at radius 1 is 1.50 bits per heavy atom. The SMILES string of the molecule is [C-]#[N+]/C(C#N)=C(\O)c1ccc([N+](=O)[O-])cc1. The van der Waals surface area contributed by atoms with Gasteiger partial charge < -0.3 is 5.11 Å². The minimum atomic E-state index is -0.579. The predicted molar refractivity (Wildman–Crippen MR) is 54.9 cm³/mol. The maximum Gasteiger partial charge on any atom is 0.303 e. The van der Waals surface area contributed by atoms with Crippen LogP contribution in [0.3, 0.4) is 0 Å². The van der Waals surface area contributed by atoms with Crippen molar-refractivity contribution in [3.63, 3.8) is 0 Å². The molecule has 0 aliphatic rings. The number of non-ortho nitro benzene ring substituents is 1. The fraction of sp³-hybridized carbons (Fsp3) is 0. The maximum atomic E-state index is 10.4. The van der Waals surface area contributed by atoms with Gasteiger partial charge in [0.25, 0.3) is 5.69 Å². The van der Waals surface area contributed by atoms with Gasteiger partial charge in [0.2, 0.25) is 0 Å². The summed E-state index contributed by atoms with van der Waals surface area (Å²) in [5.74, 6) is -0.479. The zero-order valence-electron chi connectivity index (χ0n) is 7.91. The molecule has 6 heteroatoms. The van der Waals surface area contributed by atoms with Crippen LogP contribution in [0.15, 0.2) is 30.0 Å². The van der Waals surface area contributed by atoms with E-state index in [2.05, 4.69) is 4.85 Å². The molecule has 0 aliphatic heterocycles. The van der Waals surface area contributed by atoms with Crippen LogP contribution in [0.5, 0.6) is 0 Å². The van der Waals surface area contributed by atoms with E-state index in [1.54, 1.807) is 0 Å². The Kier molecular flexibility index (Phi) is 3.21. The molecular weight excluding hydrogens is 210 g/mol. The maximum absolute atomic E-state index is 10.4. The fourth-order valence-electron chi connectivity index (χ4n) is 1.01. The average molecular weight is 215 g/mol. The van der Waals surface area contributed by atoms with Gasteiger partial charge in [-0.2, -0.15) is 0 Å². The van der Waals surface area contributed by atoms with E-state index in [1.807, 2.05) is 0 Å². The van der Waals surface area contributed by atoms with Crippen molar-refractivity contribution in [2.45, 2.75) is 0 Å². The van der Waals surface area contributed by atoms with Crippen LogP contribution in [0.25, 0.3) is 10.6 Å². The normalized spacial score (nSPS) is 10.9. The van der Waals surface area contributed by atoms with E-state index < -0.39 is 16.4 Å². The second-order valence-corrected chi connectivity index (χ2v) is 2.72. The van der Waals surface area contributed by atoms with Crippen molar-refractivity contribution in [1.29, 1.82) is 5.26 Å². The first-order valence-corrected chi connectivity index (χ1v) is 4.05. The molecule has 6 nitrogen and oxygen atoms in total. The lowest BCUT2D eigenvalue weighted by Gasteiger charge is -1.99. The molecule has 0 aromatic heterocycles. The third-order valence-electron chi connectivity index (χ3n) is 1.79. The molecule has 1 aromatic rings. The number of aliphatic hydroxyl groups excluding tert-OH is 1. The van der Waals surface area contributed by atoms with Gasteiger partial charge in [-0.05, 0) is 12.1 Å². The second-order valence-electron chi connectivity index (χ2n) is 2.72. The Hall–Kier alpha value is -2.86. The molecule has 0 unspecified atom stereocenters. The van der Waals surface area contributed by atoms with Crippen molar-refractivity contribution >= 4 is 11.4 Å². The van der Waals surface area contributed by atoms with E-state index in [1.165, 1.54) is 30.3 Å². The van der Waals surface area contributed by atoms with Crippen molar-refractivity contribution in [3.05, 3.63) is 57.1 Å². The fourth-order valence-corrected chi connectivity index (χ4v) is 1.01. The summed E-state index contributed by atoms with van der Waals surface area (Å²) in [6, 6.07) is 6.45. The molecule has 0 aliphatic carbocycles. The zero-order valence-corrected chi connectivity index (χ0v) is 7.91. The van der Waals surface area contributed by atoms with Crippen LogP contribution in [0.1, 0.15) is 5.56 Å². The Morgan fingerprint density at radius 2 is 2.06 bits per heavy atom. The highest BCUT2D eigenvalue weighted by molar-refractivity contribution is 5.67. The Bertz CT molecular complexity index is 516. The van der Waals surface area contributed by atoms with E-state index in [9.17, 15) is 15.2 Å². The molecule has 0 fully saturated rings. The number of allylic oxidation sites excluding steroid dienone is 1. The number of nitro groups is 1. The third-order valence-corrected chi connectivity index (χ3v) is 1.79. The van der Waals surface area contributed by atoms with Crippen LogP contribution in [0.4, 0.5) is 5.69 Å². The summed E-state index contributed by atoms with van der Waals surface area (Å²) in [6.45, 7) is 6.63. The van der Waals surface area contributed by atoms with Crippen LogP contribution in [0, 0.1) is 28.0 Å². The molecule has 0 radical (unpaired) electrons. The average Bonchev–Trinajstić information content (AvgIpc) is 2.30. The highest BCUT2D eigenvalue weighted by Gasteiger charge is 2.10. The minimum absolute atomic E-state index is 0.127. The highest BCUT2D eigenvalue weighted by atomic mass is 16.6. The van der Waals surface area contributed by atoms with Gasteiger partial charge in [0.15, 0.2) is 0 Å². The summed E-state index contributed by atoms with van der Waals surface area (Å²) >= 11 is 0. The first kappa shape index (κ1) is 11.2. The van der Waals surface area contributed by atoms with Gasteiger partial charge in [0, 0.05) is 17.7 Å². The van der Waals surface area contributed by atoms with Crippen LogP contribution in [-0.4, -0.2) is 10.0 Å². The quantitative estimate of drug-likeness (QED) is 0.269. The number of rotatable bonds is 2. The van der Waals surface area contributed by atoms with Crippen molar-refractivity contribution < 1.29 is 10.0 Å². The Morgan fingerprint density at radius 3 is 2.44 bits per heavy atom. The number of hydrogen-bond acceptors (Lipinski definition) is 4. The van der Waals surface area contributed by atoms with E-state index in [0.717, 1.165) is 0 Å². The summed E-state index contributed by atoms with van der Waals surface area (Å²) in [5, 5.41) is 28.4. The number of nitriles is 1. The number of nitrogens with zero attached hydrogens (tertiary/aromatic N) is 3. The largest absolute Gasteiger partial charge is 0.518 e. The summed E-state index contributed by atoms with van der Waals surface area (Å²) in [4.78, 5) is 12.6. The monoisotopic (exact) mass is 215 g/mol. The van der Waals surface area contributed by atoms with Crippen molar-refractivity contribution in [1.82, 2.24) is 0 Å². The second kappa shape index (κ2) is 4.58. The summed E-state index contributed by atoms with van der Waals surface area (Å²) in [7, 11) is 0. The van der Waals surface area contributed by atoms with E-state index in [-0.39, 0.29) is 11.3 Å². The molecule has 78 valence electrons. The number of nitro benzene ring substituents is 1. The minimum Gasteiger partial charge on any atom is -0.518 e. The number of benzene rings is 1. The standard InChI is InChI=1S/C10H5N3O3/c1-12-9(6-11)10(14)7-2-4-8(5-3-7)13(15)16/h2-5,14H/b10-9-. The van der Waals surface area contributed by atoms with Crippen molar-refractivity contribution in [2.24, 2.45) is 0 Å². The summed E-state index contributed by atoms with van der Waals surface area (Å²) in [5.41, 5.74) is -0.384. The number of hydrogen-bond donors (Lipinski definition) is 1. The Labute approximate surface area is 90.6 Å². The molecule has 16 heavy (non-hydrogen) atoms. The highest BCUT2D eigenvalue weighted by Crippen LogP contribution is 2.19. The third kappa shape index (κ3) is 2.14. The topological polar surface area (TPSA) is 91.5 Å². The predicted octanol–water partition coefficient (Wildman–Crippen LogP) is 2.26. The molecular formula is C10H5N3O3. The lowest BCUT2D eigenvalue weighted by atomic mass is 10.1. The smallest absolute Gasteiger partial charge is 0.303 e. The molecule has 0 heterocycles. The molecule has 0 saturated carbocycles. The van der Waals surface area contributed by atoms with Gasteiger partial charge in [-0.3, -0.25) is 10.1 Å². The molecule has 0 spiro atoms. The lowest BCUT2D eigenvalue weighted by Crippen LogP contribution is -1.90. The molecule has 0 bridgehead atoms. The van der Waals surface area contributed by atoms with Crippen LogP contribution in [-0.2, 0) is 0 Å². The van der Waals surface area contributed by atoms with Gasteiger partial charge in [-0.25, -0.2) is 10.1 Å². The van der Waals surface area contributed by atoms with Crippen LogP contribution in [0.2, 0.25) is 0 Å². The van der Waals surface area contributed by atoms with Crippen LogP contribution < -0.4 is 0 Å². The molecule has 0 atom stereocenters. The summed E-state index contributed by atoms with van der Waals surface area (Å²) < 4.78 is 0. The van der Waals surface area contributed by atoms with Gasteiger partial charge >= 0.3 is 5.70 Å². The van der Waals surface area contributed by atoms with Crippen LogP contribution >= 0.6 is 0 Å². The molecule has 1 rings (SSSR count). The first-order chi connectivity index (χ1) is 7.60. The first-order valence-electron chi connectivity index (χ1n) is 4.05. The molecule has 0 saturated heterocycles. The summed E-state index contributed by atoms with van der Waals surface area (Å²) in [6.07, 6.45) is 0. The molecule has 1 aromatic carbocycles. The molecule has 1 N–H and O–H groups in total. The van der Waals surface area contributed by atoms with Crippen molar-refractivity contribution in [2.75, 3.05) is 0 Å². The van der Waals surface area contributed by atoms with Gasteiger partial charge in [0.05, 0.1) is 17.6 Å². The van der Waals surface area contributed by atoms with Gasteiger partial charge in [-0.1, -0.05) is 0 Å². The number of aliphatic hydroxyl groups is 1.